The van der Waals surface area contributed by atoms with Gasteiger partial charge in [-0.1, -0.05) is 34.6 Å². The zero-order valence-corrected chi connectivity index (χ0v) is 18.6. The van der Waals surface area contributed by atoms with E-state index in [-0.39, 0.29) is 24.4 Å². The third-order valence-electron chi connectivity index (χ3n) is 4.10. The molecule has 0 aliphatic rings. The number of carboxylic acids is 1. The van der Waals surface area contributed by atoms with Gasteiger partial charge >= 0.3 is 5.97 Å². The van der Waals surface area contributed by atoms with Gasteiger partial charge < -0.3 is 10.4 Å². The summed E-state index contributed by atoms with van der Waals surface area (Å²) in [5.41, 5.74) is 0.941. The lowest BCUT2D eigenvalue weighted by Crippen LogP contribution is -2.28. The largest absolute Gasteiger partial charge is 0.481 e. The van der Waals surface area contributed by atoms with Crippen LogP contribution in [0.3, 0.4) is 0 Å². The first kappa shape index (κ1) is 21.5. The van der Waals surface area contributed by atoms with E-state index in [1.165, 1.54) is 27.7 Å². The van der Waals surface area contributed by atoms with Gasteiger partial charge in [-0.2, -0.15) is 0 Å². The Morgan fingerprint density at radius 2 is 2.03 bits per heavy atom. The van der Waals surface area contributed by atoms with Crippen LogP contribution >= 0.6 is 39.0 Å². The number of hydrogen-bond donors (Lipinski definition) is 2. The summed E-state index contributed by atoms with van der Waals surface area (Å²) < 4.78 is 2.74. The zero-order chi connectivity index (χ0) is 21.0. The lowest BCUT2D eigenvalue weighted by atomic mass is 10.3. The average Bonchev–Trinajstić information content (AvgIpc) is 3.16. The van der Waals surface area contributed by atoms with Gasteiger partial charge in [0.05, 0.1) is 17.2 Å². The first-order chi connectivity index (χ1) is 13.9. The molecule has 3 aromatic rings. The van der Waals surface area contributed by atoms with Crippen LogP contribution in [0, 0.1) is 0 Å². The minimum absolute atomic E-state index is 0.00209. The Kier molecular flexibility index (Phi) is 7.09. The number of anilines is 1. The molecule has 7 nitrogen and oxygen atoms in total. The molecule has 0 fully saturated rings. The zero-order valence-electron chi connectivity index (χ0n) is 15.4. The minimum Gasteiger partial charge on any atom is -0.481 e. The lowest BCUT2D eigenvalue weighted by molar-refractivity contribution is -0.137. The van der Waals surface area contributed by atoms with E-state index >= 15 is 0 Å². The van der Waals surface area contributed by atoms with E-state index in [0.29, 0.717) is 27.5 Å². The molecule has 0 spiro atoms. The predicted molar refractivity (Wildman–Crippen MR) is 119 cm³/mol. The van der Waals surface area contributed by atoms with Crippen molar-refractivity contribution in [1.82, 2.24) is 9.55 Å². The maximum absolute atomic E-state index is 12.8. The topological polar surface area (TPSA) is 101 Å². The van der Waals surface area contributed by atoms with Crippen molar-refractivity contribution in [1.29, 1.82) is 0 Å². The van der Waals surface area contributed by atoms with E-state index in [2.05, 4.69) is 26.2 Å². The van der Waals surface area contributed by atoms with Crippen LogP contribution in [-0.4, -0.2) is 31.8 Å². The number of nitrogens with one attached hydrogen (secondary N) is 1. The number of aliphatic carboxylic acids is 1. The molecule has 1 atom stereocenters. The number of aromatic nitrogens is 2. The van der Waals surface area contributed by atoms with Gasteiger partial charge in [-0.25, -0.2) is 4.98 Å². The van der Waals surface area contributed by atoms with Crippen LogP contribution < -0.4 is 10.9 Å². The molecule has 1 amide bonds. The second-order valence-corrected chi connectivity index (χ2v) is 9.14. The number of carboxylic acid groups (broad SMARTS) is 1. The Hall–Kier alpha value is -2.17. The van der Waals surface area contributed by atoms with Crippen molar-refractivity contribution < 1.29 is 14.7 Å². The van der Waals surface area contributed by atoms with E-state index in [0.717, 1.165) is 4.47 Å². The number of rotatable bonds is 8. The summed E-state index contributed by atoms with van der Waals surface area (Å²) in [7, 11) is 0. The third-order valence-corrected chi connectivity index (χ3v) is 6.88. The molecule has 0 bridgehead atoms. The summed E-state index contributed by atoms with van der Waals surface area (Å²) in [6.07, 6.45) is 0.317. The quantitative estimate of drug-likeness (QED) is 0.358. The molecular weight excluding hydrogens is 478 g/mol. The highest BCUT2D eigenvalue weighted by atomic mass is 79.9. The number of hydrogen-bond acceptors (Lipinski definition) is 6. The molecule has 0 aliphatic heterocycles. The summed E-state index contributed by atoms with van der Waals surface area (Å²) >= 11 is 5.80. The van der Waals surface area contributed by atoms with Crippen LogP contribution in [0.15, 0.2) is 50.1 Å². The van der Waals surface area contributed by atoms with Crippen LogP contribution in [0.25, 0.3) is 10.2 Å². The molecule has 0 radical (unpaired) electrons. The second-order valence-electron chi connectivity index (χ2n) is 6.14. The number of carbonyl (C=O) groups excluding carboxylic acids is 1. The summed E-state index contributed by atoms with van der Waals surface area (Å²) in [5.74, 6) is -1.21. The van der Waals surface area contributed by atoms with Gasteiger partial charge in [-0.3, -0.25) is 19.0 Å². The van der Waals surface area contributed by atoms with Crippen molar-refractivity contribution in [3.63, 3.8) is 0 Å². The molecule has 1 aromatic carbocycles. The van der Waals surface area contributed by atoms with Crippen molar-refractivity contribution in [2.75, 3.05) is 5.32 Å². The fraction of sp³-hybridized carbons (Fsp3) is 0.263. The first-order valence-corrected chi connectivity index (χ1v) is 11.4. The maximum Gasteiger partial charge on any atom is 0.305 e. The van der Waals surface area contributed by atoms with E-state index in [9.17, 15) is 14.4 Å². The summed E-state index contributed by atoms with van der Waals surface area (Å²) in [5, 5.41) is 13.5. The molecule has 0 saturated carbocycles. The molecule has 3 rings (SSSR count). The predicted octanol–water partition coefficient (Wildman–Crippen LogP) is 4.20. The van der Waals surface area contributed by atoms with Crippen LogP contribution in [0.4, 0.5) is 5.69 Å². The monoisotopic (exact) mass is 495 g/mol. The highest BCUT2D eigenvalue weighted by Gasteiger charge is 2.22. The van der Waals surface area contributed by atoms with Crippen molar-refractivity contribution in [3.8, 4) is 0 Å². The van der Waals surface area contributed by atoms with E-state index in [1.54, 1.807) is 23.6 Å². The van der Waals surface area contributed by atoms with Gasteiger partial charge in [-0.05, 0) is 42.1 Å². The Morgan fingerprint density at radius 1 is 1.31 bits per heavy atom. The van der Waals surface area contributed by atoms with Crippen LogP contribution in [0.2, 0.25) is 0 Å². The minimum atomic E-state index is -1.00. The fourth-order valence-corrected chi connectivity index (χ4v) is 4.71. The molecule has 0 aliphatic carbocycles. The second kappa shape index (κ2) is 9.55. The van der Waals surface area contributed by atoms with Crippen LogP contribution in [-0.2, 0) is 16.1 Å². The highest BCUT2D eigenvalue weighted by molar-refractivity contribution is 9.10. The molecule has 2 aromatic heterocycles. The molecule has 2 N–H and O–H groups in total. The Bertz CT molecular complexity index is 1100. The summed E-state index contributed by atoms with van der Waals surface area (Å²) in [4.78, 5) is 41.1. The average molecular weight is 496 g/mol. The Morgan fingerprint density at radius 3 is 2.69 bits per heavy atom. The normalized spacial score (nSPS) is 12.1. The third kappa shape index (κ3) is 5.26. The van der Waals surface area contributed by atoms with Crippen molar-refractivity contribution in [3.05, 3.63) is 50.5 Å². The van der Waals surface area contributed by atoms with Crippen molar-refractivity contribution in [2.24, 2.45) is 0 Å². The number of thioether (sulfide) groups is 1. The molecule has 29 heavy (non-hydrogen) atoms. The lowest BCUT2D eigenvalue weighted by Gasteiger charge is -2.17. The SMILES string of the molecule is CCC(Sc1nc2ccsc2c(=O)n1CCC(=O)O)C(=O)Nc1ccc(Br)cc1. The van der Waals surface area contributed by atoms with Crippen molar-refractivity contribution >= 4 is 66.8 Å². The van der Waals surface area contributed by atoms with Crippen molar-refractivity contribution in [2.45, 2.75) is 36.7 Å². The molecule has 152 valence electrons. The first-order valence-electron chi connectivity index (χ1n) is 8.82. The van der Waals surface area contributed by atoms with E-state index < -0.39 is 11.2 Å². The molecule has 2 heterocycles. The smallest absolute Gasteiger partial charge is 0.305 e. The summed E-state index contributed by atoms with van der Waals surface area (Å²) in [6, 6.07) is 8.99. The number of thiophene rings is 1. The van der Waals surface area contributed by atoms with Gasteiger partial charge in [0.15, 0.2) is 5.16 Å². The molecule has 0 saturated heterocycles. The standard InChI is InChI=1S/C19H18BrN3O4S2/c1-2-14(17(26)21-12-5-3-11(20)4-6-12)29-19-22-13-8-10-28-16(13)18(27)23(19)9-7-15(24)25/h3-6,8,10,14H,2,7,9H2,1H3,(H,21,26)(H,24,25). The number of halogens is 1. The van der Waals surface area contributed by atoms with Gasteiger partial charge in [0.2, 0.25) is 5.91 Å². The van der Waals surface area contributed by atoms with E-state index in [4.69, 9.17) is 5.11 Å². The van der Waals surface area contributed by atoms with Gasteiger partial charge in [0.25, 0.3) is 5.56 Å². The van der Waals surface area contributed by atoms with Gasteiger partial charge in [0.1, 0.15) is 4.70 Å². The molecule has 10 heteroatoms. The number of benzene rings is 1. The summed E-state index contributed by atoms with van der Waals surface area (Å²) in [6.45, 7) is 1.88. The number of carbonyl (C=O) groups is 2. The van der Waals surface area contributed by atoms with Crippen LogP contribution in [0.1, 0.15) is 19.8 Å². The Balaban J connectivity index is 1.88. The highest BCUT2D eigenvalue weighted by Crippen LogP contribution is 2.27. The molecular formula is C19H18BrN3O4S2. The maximum atomic E-state index is 12.8. The van der Waals surface area contributed by atoms with Gasteiger partial charge in [0, 0.05) is 16.7 Å². The fourth-order valence-electron chi connectivity index (χ4n) is 2.62. The number of fused-ring (bicyclic) bond motifs is 1. The number of amides is 1. The molecule has 1 unspecified atom stereocenters. The van der Waals surface area contributed by atoms with Crippen LogP contribution in [0.5, 0.6) is 0 Å². The van der Waals surface area contributed by atoms with E-state index in [1.807, 2.05) is 19.1 Å². The number of nitrogens with zero attached hydrogens (tertiary/aromatic N) is 2. The van der Waals surface area contributed by atoms with Gasteiger partial charge in [-0.15, -0.1) is 11.3 Å². The Labute approximate surface area is 183 Å².